The van der Waals surface area contributed by atoms with Gasteiger partial charge in [-0.25, -0.2) is 0 Å². The lowest BCUT2D eigenvalue weighted by molar-refractivity contribution is -0.148. The molecule has 0 amide bonds. The van der Waals surface area contributed by atoms with E-state index < -0.39 is 17.4 Å². The Morgan fingerprint density at radius 1 is 0.556 bits per heavy atom. The molecule has 0 radical (unpaired) electrons. The Morgan fingerprint density at radius 2 is 0.917 bits per heavy atom. The molecule has 36 heavy (non-hydrogen) atoms. The van der Waals surface area contributed by atoms with Crippen molar-refractivity contribution in [2.45, 2.75) is 168 Å². The fourth-order valence-electron chi connectivity index (χ4n) is 5.04. The Labute approximate surface area is 228 Å². The first-order valence-corrected chi connectivity index (χ1v) is 16.7. The SMILES string of the molecule is CCCCCCCCCCCCC(CCCCCCCCCCCC)(CSCCCC(=O)O)C(=O)O. The second-order valence-corrected chi connectivity index (χ2v) is 12.1. The number of carbonyl (C=O) groups is 2. The molecule has 0 heterocycles. The van der Waals surface area contributed by atoms with E-state index in [-0.39, 0.29) is 6.42 Å². The van der Waals surface area contributed by atoms with E-state index in [1.165, 1.54) is 103 Å². The zero-order valence-electron chi connectivity index (χ0n) is 24.0. The average Bonchev–Trinajstić information content (AvgIpc) is 2.85. The minimum Gasteiger partial charge on any atom is -0.481 e. The molecule has 5 heteroatoms. The number of rotatable bonds is 29. The van der Waals surface area contributed by atoms with Crippen LogP contribution in [-0.2, 0) is 9.59 Å². The summed E-state index contributed by atoms with van der Waals surface area (Å²) in [5.41, 5.74) is -0.645. The van der Waals surface area contributed by atoms with E-state index in [4.69, 9.17) is 5.11 Å². The van der Waals surface area contributed by atoms with Crippen LogP contribution in [0, 0.1) is 5.41 Å². The molecule has 0 aliphatic heterocycles. The van der Waals surface area contributed by atoms with Gasteiger partial charge in [-0.15, -0.1) is 0 Å². The minimum absolute atomic E-state index is 0.171. The third kappa shape index (κ3) is 21.4. The summed E-state index contributed by atoms with van der Waals surface area (Å²) in [6.07, 6.45) is 27.6. The van der Waals surface area contributed by atoms with Gasteiger partial charge in [-0.1, -0.05) is 142 Å². The molecule has 0 fully saturated rings. The molecule has 0 bridgehead atoms. The van der Waals surface area contributed by atoms with Crippen LogP contribution in [0.1, 0.15) is 168 Å². The van der Waals surface area contributed by atoms with Gasteiger partial charge in [0, 0.05) is 12.2 Å². The summed E-state index contributed by atoms with van der Waals surface area (Å²) in [5, 5.41) is 19.1. The molecular weight excluding hydrogens is 468 g/mol. The lowest BCUT2D eigenvalue weighted by Crippen LogP contribution is -2.34. The molecule has 0 aromatic carbocycles. The van der Waals surface area contributed by atoms with Crippen molar-refractivity contribution in [2.75, 3.05) is 11.5 Å². The largest absolute Gasteiger partial charge is 0.481 e. The van der Waals surface area contributed by atoms with Crippen LogP contribution in [0.15, 0.2) is 0 Å². The van der Waals surface area contributed by atoms with Gasteiger partial charge in [0.05, 0.1) is 5.41 Å². The van der Waals surface area contributed by atoms with E-state index in [0.717, 1.165) is 44.3 Å². The maximum Gasteiger partial charge on any atom is 0.310 e. The summed E-state index contributed by atoms with van der Waals surface area (Å²) >= 11 is 1.65. The molecule has 0 aromatic rings. The van der Waals surface area contributed by atoms with Crippen LogP contribution >= 0.6 is 11.8 Å². The van der Waals surface area contributed by atoms with Crippen molar-refractivity contribution in [2.24, 2.45) is 5.41 Å². The summed E-state index contributed by atoms with van der Waals surface area (Å²) in [4.78, 5) is 23.3. The van der Waals surface area contributed by atoms with Gasteiger partial charge < -0.3 is 10.2 Å². The number of aliphatic carboxylic acids is 2. The van der Waals surface area contributed by atoms with Gasteiger partial charge in [-0.3, -0.25) is 9.59 Å². The number of thioether (sulfide) groups is 1. The Kier molecular flexibility index (Phi) is 25.4. The number of carboxylic acids is 2. The molecule has 0 unspecified atom stereocenters. The standard InChI is InChI=1S/C31H60O4S/c1-3-5-7-9-11-13-15-17-19-21-25-31(30(34)35,28-36-27-23-24-29(32)33)26-22-20-18-16-14-12-10-8-6-4-2/h3-28H2,1-2H3,(H,32,33)(H,34,35). The fourth-order valence-corrected chi connectivity index (χ4v) is 6.34. The summed E-state index contributed by atoms with van der Waals surface area (Å²) < 4.78 is 0. The summed E-state index contributed by atoms with van der Waals surface area (Å²) in [6, 6.07) is 0. The first-order valence-electron chi connectivity index (χ1n) is 15.5. The van der Waals surface area contributed by atoms with Crippen molar-refractivity contribution >= 4 is 23.7 Å². The predicted molar refractivity (Wildman–Crippen MR) is 157 cm³/mol. The smallest absolute Gasteiger partial charge is 0.310 e. The topological polar surface area (TPSA) is 74.6 Å². The molecule has 0 saturated carbocycles. The maximum absolute atomic E-state index is 12.5. The van der Waals surface area contributed by atoms with Crippen molar-refractivity contribution in [3.05, 3.63) is 0 Å². The molecule has 2 N–H and O–H groups in total. The second kappa shape index (κ2) is 25.9. The van der Waals surface area contributed by atoms with Gasteiger partial charge in [0.2, 0.25) is 0 Å². The van der Waals surface area contributed by atoms with Crippen LogP contribution < -0.4 is 0 Å². The normalized spacial score (nSPS) is 11.7. The Hall–Kier alpha value is -0.710. The Morgan fingerprint density at radius 3 is 1.25 bits per heavy atom. The van der Waals surface area contributed by atoms with E-state index >= 15 is 0 Å². The highest BCUT2D eigenvalue weighted by Gasteiger charge is 2.37. The molecular formula is C31H60O4S. The lowest BCUT2D eigenvalue weighted by atomic mass is 9.79. The van der Waals surface area contributed by atoms with Crippen LogP contribution in [0.25, 0.3) is 0 Å². The van der Waals surface area contributed by atoms with Crippen molar-refractivity contribution < 1.29 is 19.8 Å². The van der Waals surface area contributed by atoms with Crippen LogP contribution in [-0.4, -0.2) is 33.7 Å². The summed E-state index contributed by atoms with van der Waals surface area (Å²) in [5.74, 6) is -0.0512. The minimum atomic E-state index is -0.768. The first-order chi connectivity index (χ1) is 17.5. The third-order valence-electron chi connectivity index (χ3n) is 7.53. The van der Waals surface area contributed by atoms with Crippen LogP contribution in [0.3, 0.4) is 0 Å². The molecule has 0 aromatic heterocycles. The van der Waals surface area contributed by atoms with Crippen LogP contribution in [0.5, 0.6) is 0 Å². The number of hydrogen-bond donors (Lipinski definition) is 2. The highest BCUT2D eigenvalue weighted by molar-refractivity contribution is 7.99. The van der Waals surface area contributed by atoms with Crippen molar-refractivity contribution in [3.8, 4) is 0 Å². The zero-order chi connectivity index (χ0) is 26.7. The van der Waals surface area contributed by atoms with Crippen molar-refractivity contribution in [1.29, 1.82) is 0 Å². The zero-order valence-corrected chi connectivity index (χ0v) is 24.8. The van der Waals surface area contributed by atoms with Crippen molar-refractivity contribution in [3.63, 3.8) is 0 Å². The highest BCUT2D eigenvalue weighted by Crippen LogP contribution is 2.36. The van der Waals surface area contributed by atoms with Gasteiger partial charge in [0.1, 0.15) is 0 Å². The molecule has 0 saturated heterocycles. The monoisotopic (exact) mass is 528 g/mol. The molecule has 0 aliphatic rings. The van der Waals surface area contributed by atoms with Gasteiger partial charge in [-0.2, -0.15) is 11.8 Å². The molecule has 4 nitrogen and oxygen atoms in total. The molecule has 0 rings (SSSR count). The van der Waals surface area contributed by atoms with Crippen LogP contribution in [0.4, 0.5) is 0 Å². The molecule has 214 valence electrons. The predicted octanol–water partition coefficient (Wildman–Crippen LogP) is 10.3. The van der Waals surface area contributed by atoms with E-state index in [1.807, 2.05) is 0 Å². The van der Waals surface area contributed by atoms with E-state index in [2.05, 4.69) is 13.8 Å². The quantitative estimate of drug-likeness (QED) is 0.0944. The second-order valence-electron chi connectivity index (χ2n) is 11.0. The number of carboxylic acid groups (broad SMARTS) is 2. The molecule has 0 aliphatic carbocycles. The molecule has 0 spiro atoms. The third-order valence-corrected chi connectivity index (χ3v) is 8.86. The lowest BCUT2D eigenvalue weighted by Gasteiger charge is -2.29. The van der Waals surface area contributed by atoms with Gasteiger partial charge in [0.15, 0.2) is 0 Å². The fraction of sp³-hybridized carbons (Fsp3) is 0.935. The highest BCUT2D eigenvalue weighted by atomic mass is 32.2. The average molecular weight is 529 g/mol. The van der Waals surface area contributed by atoms with Gasteiger partial charge in [-0.05, 0) is 25.0 Å². The van der Waals surface area contributed by atoms with E-state index in [9.17, 15) is 14.7 Å². The Bertz CT molecular complexity index is 485. The van der Waals surface area contributed by atoms with Crippen molar-refractivity contribution in [1.82, 2.24) is 0 Å². The Balaban J connectivity index is 4.38. The summed E-state index contributed by atoms with van der Waals surface area (Å²) in [7, 11) is 0. The summed E-state index contributed by atoms with van der Waals surface area (Å²) in [6.45, 7) is 4.50. The number of hydrogen-bond acceptors (Lipinski definition) is 3. The maximum atomic E-state index is 12.5. The molecule has 0 atom stereocenters. The van der Waals surface area contributed by atoms with E-state index in [0.29, 0.717) is 12.2 Å². The number of unbranched alkanes of at least 4 members (excludes halogenated alkanes) is 18. The van der Waals surface area contributed by atoms with Gasteiger partial charge >= 0.3 is 11.9 Å². The van der Waals surface area contributed by atoms with E-state index in [1.54, 1.807) is 11.8 Å². The first kappa shape index (κ1) is 35.3. The van der Waals surface area contributed by atoms with Gasteiger partial charge in [0.25, 0.3) is 0 Å². The van der Waals surface area contributed by atoms with Crippen LogP contribution in [0.2, 0.25) is 0 Å².